The second-order valence-corrected chi connectivity index (χ2v) is 31.5. The van der Waals surface area contributed by atoms with Crippen LogP contribution in [0.1, 0.15) is 210 Å². The number of rotatable bonds is 15. The molecule has 12 atom stereocenters. The minimum absolute atomic E-state index is 0.0229. The fourth-order valence-corrected chi connectivity index (χ4v) is 12.5. The standard InChI is InChI=1S/C62H111N11O12.C15H24/c1-25-27-28-40(15)52(75)51-56(79)65-43(26-2)58(81)67(18)33-48(74)68(19)44(29-34(3)4)55(78)66-49(38(11)12)61(84)69(20)45(30-35(5)6)54(77)63-41(16)53(76)64-42(17)57(80)70(21)46(31-36(7)8)59(82)71(22)47(32-37(9)10)60(83)72(23)50(39(13)14)62(85)73(51)24;1-13-7-5-8-14(2)10-12-15(3,4)11-6-9-13/h25,27,34-47,49-52,75H,26,28-33H2,1-24H3,(H,63,77)(H,64,76)(H,65,79)(H,66,78);6-7,10-11H,5,8-9,12H2,1-4H3. The van der Waals surface area contributed by atoms with Crippen molar-refractivity contribution < 1.29 is 57.8 Å². The van der Waals surface area contributed by atoms with Crippen LogP contribution < -0.4 is 21.3 Å². The highest BCUT2D eigenvalue weighted by Crippen LogP contribution is 2.28. The fraction of sp³-hybridized carbons (Fsp3) is 0.753. The molecule has 0 aromatic rings. The molecule has 0 bridgehead atoms. The maximum atomic E-state index is 15.1. The minimum Gasteiger partial charge on any atom is -0.390 e. The third-order valence-electron chi connectivity index (χ3n) is 19.1. The van der Waals surface area contributed by atoms with Crippen LogP contribution in [-0.4, -0.2) is 227 Å². The number of nitrogens with zero attached hydrogens (tertiary/aromatic N) is 7. The normalized spacial score (nSPS) is 26.3. The lowest BCUT2D eigenvalue weighted by Gasteiger charge is -2.41. The van der Waals surface area contributed by atoms with Crippen molar-refractivity contribution in [3.63, 3.8) is 0 Å². The van der Waals surface area contributed by atoms with Gasteiger partial charge in [0.15, 0.2) is 0 Å². The highest BCUT2D eigenvalue weighted by Gasteiger charge is 2.46. The van der Waals surface area contributed by atoms with Crippen LogP contribution in [0, 0.1) is 46.8 Å². The van der Waals surface area contributed by atoms with Crippen molar-refractivity contribution in [2.75, 3.05) is 55.9 Å². The fourth-order valence-electron chi connectivity index (χ4n) is 12.5. The summed E-state index contributed by atoms with van der Waals surface area (Å²) >= 11 is 0. The summed E-state index contributed by atoms with van der Waals surface area (Å²) in [6, 6.07) is -12.3. The molecule has 0 aromatic heterocycles. The van der Waals surface area contributed by atoms with E-state index in [1.165, 1.54) is 112 Å². The highest BCUT2D eigenvalue weighted by molar-refractivity contribution is 5.99. The maximum absolute atomic E-state index is 15.1. The van der Waals surface area contributed by atoms with Gasteiger partial charge in [-0.25, -0.2) is 0 Å². The number of aliphatic hydroxyl groups excluding tert-OH is 1. The van der Waals surface area contributed by atoms with Gasteiger partial charge in [-0.15, -0.1) is 0 Å². The smallest absolute Gasteiger partial charge is 0.246 e. The van der Waals surface area contributed by atoms with E-state index >= 15 is 9.59 Å². The van der Waals surface area contributed by atoms with Gasteiger partial charge >= 0.3 is 0 Å². The van der Waals surface area contributed by atoms with E-state index in [0.717, 1.165) is 22.6 Å². The third-order valence-corrected chi connectivity index (χ3v) is 19.1. The van der Waals surface area contributed by atoms with Crippen LogP contribution in [0.3, 0.4) is 0 Å². The van der Waals surface area contributed by atoms with Crippen molar-refractivity contribution in [2.45, 2.75) is 276 Å². The molecule has 23 heteroatoms. The van der Waals surface area contributed by atoms with Gasteiger partial charge in [0.05, 0.1) is 12.6 Å². The molecule has 23 nitrogen and oxygen atoms in total. The quantitative estimate of drug-likeness (QED) is 0.0969. The molecule has 5 N–H and O–H groups in total. The molecule has 100 heavy (non-hydrogen) atoms. The predicted octanol–water partition coefficient (Wildman–Crippen LogP) is 8.30. The van der Waals surface area contributed by atoms with Gasteiger partial charge in [-0.05, 0) is 146 Å². The van der Waals surface area contributed by atoms with Gasteiger partial charge in [0.2, 0.25) is 65.0 Å². The van der Waals surface area contributed by atoms with Crippen LogP contribution >= 0.6 is 0 Å². The van der Waals surface area contributed by atoms with Gasteiger partial charge in [-0.2, -0.15) is 0 Å². The Morgan fingerprint density at radius 2 is 0.980 bits per heavy atom. The lowest BCUT2D eigenvalue weighted by Crippen LogP contribution is -2.63. The van der Waals surface area contributed by atoms with Crippen molar-refractivity contribution in [3.05, 3.63) is 47.6 Å². The number of hydrogen-bond donors (Lipinski definition) is 5. The molecular formula is C77H135N11O12. The van der Waals surface area contributed by atoms with E-state index in [1.54, 1.807) is 54.5 Å². The monoisotopic (exact) mass is 1410 g/mol. The van der Waals surface area contributed by atoms with Crippen molar-refractivity contribution in [3.8, 4) is 0 Å². The van der Waals surface area contributed by atoms with E-state index in [9.17, 15) is 48.3 Å². The average Bonchev–Trinajstić information content (AvgIpc) is 0.812. The summed E-state index contributed by atoms with van der Waals surface area (Å²) < 4.78 is 0. The van der Waals surface area contributed by atoms with Gasteiger partial charge in [0, 0.05) is 49.3 Å². The summed E-state index contributed by atoms with van der Waals surface area (Å²) in [5.41, 5.74) is 3.34. The topological polar surface area (TPSA) is 279 Å². The largest absolute Gasteiger partial charge is 0.390 e. The lowest BCUT2D eigenvalue weighted by molar-refractivity contribution is -0.157. The summed E-state index contributed by atoms with van der Waals surface area (Å²) in [5, 5.41) is 23.1. The van der Waals surface area contributed by atoms with Gasteiger partial charge < -0.3 is 60.7 Å². The number of amides is 11. The first kappa shape index (κ1) is 91.1. The second kappa shape index (κ2) is 42.5. The summed E-state index contributed by atoms with van der Waals surface area (Å²) in [6.45, 7) is 38.4. The van der Waals surface area contributed by atoms with E-state index in [-0.39, 0.29) is 55.8 Å². The van der Waals surface area contributed by atoms with Crippen LogP contribution in [0.5, 0.6) is 0 Å². The molecule has 1 aliphatic heterocycles. The van der Waals surface area contributed by atoms with Gasteiger partial charge in [0.25, 0.3) is 0 Å². The molecule has 1 saturated heterocycles. The first-order valence-electron chi connectivity index (χ1n) is 36.5. The molecule has 1 fully saturated rings. The van der Waals surface area contributed by atoms with Crippen LogP contribution in [-0.2, 0) is 52.7 Å². The Balaban J connectivity index is 0.00000292. The molecule has 0 saturated carbocycles. The van der Waals surface area contributed by atoms with E-state index < -0.39 is 156 Å². The first-order chi connectivity index (χ1) is 46.2. The molecule has 2 rings (SSSR count). The van der Waals surface area contributed by atoms with E-state index in [1.807, 2.05) is 61.5 Å². The number of aliphatic hydroxyl groups is 1. The zero-order valence-corrected chi connectivity index (χ0v) is 66.7. The zero-order chi connectivity index (χ0) is 77.3. The molecule has 0 radical (unpaired) electrons. The Labute approximate surface area is 602 Å². The average molecular weight is 1410 g/mol. The first-order valence-corrected chi connectivity index (χ1v) is 36.5. The van der Waals surface area contributed by atoms with Crippen molar-refractivity contribution >= 4 is 65.0 Å². The number of carbonyl (C=O) groups is 11. The summed E-state index contributed by atoms with van der Waals surface area (Å²) in [4.78, 5) is 169. The third kappa shape index (κ3) is 28.1. The lowest BCUT2D eigenvalue weighted by atomic mass is 9.87. The Morgan fingerprint density at radius 3 is 1.47 bits per heavy atom. The maximum Gasteiger partial charge on any atom is 0.246 e. The van der Waals surface area contributed by atoms with Crippen LogP contribution in [0.15, 0.2) is 47.6 Å². The SMILES string of the molecule is CC1=CCCC(C)=CCC(C)(C)C=CC1.CC=CCC(C)C(O)C1C(=O)NC(CC)C(=O)N(C)CC(=O)N(C)C(CC(C)C)C(=O)NC(C(C)C)C(=O)N(C)C(CC(C)C)C(=O)NC(C)C(=O)NC(C)C(=O)N(C)C(CC(C)C)C(=O)N(C)C(CC(C)C)C(=O)N(C)C(C(C)C)C(=O)N1C. The Bertz CT molecular complexity index is 2860. The van der Waals surface area contributed by atoms with Gasteiger partial charge in [0.1, 0.15) is 60.4 Å². The Hall–Kier alpha value is -6.91. The van der Waals surface area contributed by atoms with E-state index in [0.29, 0.717) is 11.8 Å². The number of nitrogens with one attached hydrogen (secondary N) is 4. The molecule has 1 heterocycles. The number of likely N-dealkylation sites (N-methyl/N-ethyl adjacent to an activating group) is 7. The zero-order valence-electron chi connectivity index (χ0n) is 66.7. The van der Waals surface area contributed by atoms with Crippen LogP contribution in [0.25, 0.3) is 0 Å². The van der Waals surface area contributed by atoms with Crippen LogP contribution in [0.2, 0.25) is 0 Å². The predicted molar refractivity (Wildman–Crippen MR) is 397 cm³/mol. The minimum atomic E-state index is -1.61. The van der Waals surface area contributed by atoms with E-state index in [4.69, 9.17) is 0 Å². The summed E-state index contributed by atoms with van der Waals surface area (Å²) in [7, 11) is 9.92. The van der Waals surface area contributed by atoms with Gasteiger partial charge in [-0.1, -0.05) is 158 Å². The number of carbonyl (C=O) groups excluding carboxylic acids is 11. The molecule has 2 aliphatic rings. The Kier molecular flexibility index (Phi) is 38.7. The number of allylic oxidation sites excluding steroid dienone is 8. The molecule has 570 valence electrons. The van der Waals surface area contributed by atoms with Crippen molar-refractivity contribution in [2.24, 2.45) is 46.8 Å². The Morgan fingerprint density at radius 1 is 0.520 bits per heavy atom. The van der Waals surface area contributed by atoms with Gasteiger partial charge in [-0.3, -0.25) is 52.7 Å². The molecule has 11 amide bonds. The summed E-state index contributed by atoms with van der Waals surface area (Å²) in [5.74, 6) is -9.71. The van der Waals surface area contributed by atoms with Crippen molar-refractivity contribution in [1.82, 2.24) is 55.6 Å². The summed E-state index contributed by atoms with van der Waals surface area (Å²) in [6.07, 6.45) is 17.2. The van der Waals surface area contributed by atoms with Crippen LogP contribution in [0.4, 0.5) is 0 Å². The second-order valence-electron chi connectivity index (χ2n) is 31.5. The highest BCUT2D eigenvalue weighted by atomic mass is 16.3. The molecule has 0 aromatic carbocycles. The molecular weight excluding hydrogens is 1270 g/mol. The van der Waals surface area contributed by atoms with E-state index in [2.05, 4.69) is 73.3 Å². The molecule has 1 aliphatic carbocycles. The van der Waals surface area contributed by atoms with Crippen molar-refractivity contribution in [1.29, 1.82) is 0 Å². The molecule has 12 unspecified atom stereocenters. The number of hydrogen-bond acceptors (Lipinski definition) is 12. The molecule has 0 spiro atoms.